The van der Waals surface area contributed by atoms with Crippen molar-refractivity contribution in [2.75, 3.05) is 44.7 Å². The van der Waals surface area contributed by atoms with Crippen LogP contribution in [0.3, 0.4) is 0 Å². The summed E-state index contributed by atoms with van der Waals surface area (Å²) in [5, 5.41) is 19.0. The zero-order valence-electron chi connectivity index (χ0n) is 20.4. The van der Waals surface area contributed by atoms with Crippen molar-refractivity contribution in [3.05, 3.63) is 64.7 Å². The minimum atomic E-state index is -0.121. The number of nitrogens with one attached hydrogen (secondary N) is 2. The zero-order valence-corrected chi connectivity index (χ0v) is 22.0. The van der Waals surface area contributed by atoms with Crippen molar-refractivity contribution in [2.24, 2.45) is 0 Å². The molecule has 0 saturated heterocycles. The van der Waals surface area contributed by atoms with E-state index in [2.05, 4.69) is 28.8 Å². The van der Waals surface area contributed by atoms with Gasteiger partial charge in [0.2, 0.25) is 5.91 Å². The first-order valence-electron chi connectivity index (χ1n) is 11.2. The molecule has 0 saturated carbocycles. The summed E-state index contributed by atoms with van der Waals surface area (Å²) in [5.74, 6) is -0.214. The maximum atomic E-state index is 13.0. The van der Waals surface area contributed by atoms with Crippen molar-refractivity contribution in [1.82, 2.24) is 20.7 Å². The lowest BCUT2D eigenvalue weighted by Crippen LogP contribution is -2.47. The fourth-order valence-corrected chi connectivity index (χ4v) is 3.95. The van der Waals surface area contributed by atoms with E-state index >= 15 is 0 Å². The fraction of sp³-hybridized carbons (Fsp3) is 0.400. The lowest BCUT2D eigenvalue weighted by molar-refractivity contribution is -0.145. The van der Waals surface area contributed by atoms with Gasteiger partial charge in [0.15, 0.2) is 0 Å². The number of amides is 2. The highest BCUT2D eigenvalue weighted by atomic mass is 35.5. The van der Waals surface area contributed by atoms with E-state index in [1.54, 1.807) is 29.1 Å². The van der Waals surface area contributed by atoms with Crippen LogP contribution in [0.25, 0.3) is 0 Å². The van der Waals surface area contributed by atoms with E-state index in [-0.39, 0.29) is 49.7 Å². The molecule has 0 bridgehead atoms. The molecule has 0 aliphatic carbocycles. The average molecular weight is 521 g/mol. The quantitative estimate of drug-likeness (QED) is 0.468. The van der Waals surface area contributed by atoms with Crippen LogP contribution in [-0.4, -0.2) is 61.6 Å². The summed E-state index contributed by atoms with van der Waals surface area (Å²) < 4.78 is 0. The molecule has 2 amide bonds. The second-order valence-electron chi connectivity index (χ2n) is 8.12. The highest BCUT2D eigenvalue weighted by Crippen LogP contribution is 2.23. The molecule has 35 heavy (non-hydrogen) atoms. The summed E-state index contributed by atoms with van der Waals surface area (Å²) in [5.41, 5.74) is 4.66. The Morgan fingerprint density at radius 1 is 1.03 bits per heavy atom. The number of nitrogens with zero attached hydrogens (tertiary/aromatic N) is 4. The number of benzene rings is 2. The van der Waals surface area contributed by atoms with Crippen LogP contribution in [0.15, 0.2) is 42.5 Å². The summed E-state index contributed by atoms with van der Waals surface area (Å²) in [7, 11) is 1.76. The second-order valence-corrected chi connectivity index (χ2v) is 8.12. The fourth-order valence-electron chi connectivity index (χ4n) is 3.95. The molecule has 1 aliphatic rings. The minimum absolute atomic E-state index is 0. The Kier molecular flexibility index (Phi) is 12.7. The van der Waals surface area contributed by atoms with Gasteiger partial charge in [-0.25, -0.2) is 5.01 Å². The molecule has 1 aliphatic heterocycles. The number of carbonyl (C=O) groups is 2. The molecule has 2 aromatic carbocycles. The highest BCUT2D eigenvalue weighted by molar-refractivity contribution is 5.96. The molecule has 1 heterocycles. The van der Waals surface area contributed by atoms with Crippen LogP contribution in [0.4, 0.5) is 5.69 Å². The third-order valence-corrected chi connectivity index (χ3v) is 5.84. The lowest BCUT2D eigenvalue weighted by Gasteiger charge is -2.28. The van der Waals surface area contributed by atoms with E-state index < -0.39 is 0 Å². The molecule has 0 spiro atoms. The summed E-state index contributed by atoms with van der Waals surface area (Å²) in [4.78, 5) is 27.4. The molecule has 10 heteroatoms. The number of fused-ring (bicyclic) bond motifs is 1. The number of halogens is 2. The Morgan fingerprint density at radius 2 is 1.66 bits per heavy atom. The van der Waals surface area contributed by atoms with Gasteiger partial charge in [-0.1, -0.05) is 31.2 Å². The molecule has 2 aromatic rings. The maximum absolute atomic E-state index is 13.0. The summed E-state index contributed by atoms with van der Waals surface area (Å²) >= 11 is 0. The molecular formula is C25H34Cl2N6O2. The van der Waals surface area contributed by atoms with Gasteiger partial charge in [-0.15, -0.1) is 24.8 Å². The first-order chi connectivity index (χ1) is 15.9. The van der Waals surface area contributed by atoms with Gasteiger partial charge >= 0.3 is 0 Å². The topological polar surface area (TPSA) is 91.7 Å². The van der Waals surface area contributed by atoms with Crippen LogP contribution in [0.5, 0.6) is 0 Å². The Morgan fingerprint density at radius 3 is 2.23 bits per heavy atom. The Labute approximate surface area is 220 Å². The lowest BCUT2D eigenvalue weighted by atomic mass is 10.1. The largest absolute Gasteiger partial charge is 0.315 e. The molecule has 0 fully saturated rings. The summed E-state index contributed by atoms with van der Waals surface area (Å²) in [6.45, 7) is 7.40. The number of likely N-dealkylation sites (N-methyl/N-ethyl adjacent to an activating group) is 2. The van der Waals surface area contributed by atoms with Gasteiger partial charge in [0.25, 0.3) is 5.91 Å². The number of hydrogen-bond donors (Lipinski definition) is 2. The maximum Gasteiger partial charge on any atom is 0.250 e. The van der Waals surface area contributed by atoms with E-state index in [9.17, 15) is 9.59 Å². The third-order valence-electron chi connectivity index (χ3n) is 5.84. The van der Waals surface area contributed by atoms with Crippen molar-refractivity contribution in [3.8, 4) is 6.07 Å². The van der Waals surface area contributed by atoms with E-state index in [4.69, 9.17) is 5.26 Å². The van der Waals surface area contributed by atoms with Crippen molar-refractivity contribution in [2.45, 2.75) is 26.9 Å². The van der Waals surface area contributed by atoms with Crippen molar-refractivity contribution < 1.29 is 9.59 Å². The second kappa shape index (κ2) is 14.7. The molecule has 3 rings (SSSR count). The summed E-state index contributed by atoms with van der Waals surface area (Å²) in [6.07, 6.45) is 0. The molecule has 0 radical (unpaired) electrons. The number of hydrogen-bond acceptors (Lipinski definition) is 6. The van der Waals surface area contributed by atoms with E-state index in [0.29, 0.717) is 31.7 Å². The first kappa shape index (κ1) is 30.4. The molecule has 0 atom stereocenters. The van der Waals surface area contributed by atoms with Gasteiger partial charge < -0.3 is 10.2 Å². The molecule has 0 aromatic heterocycles. The van der Waals surface area contributed by atoms with E-state index in [0.717, 1.165) is 17.8 Å². The van der Waals surface area contributed by atoms with Gasteiger partial charge in [-0.3, -0.25) is 19.9 Å². The van der Waals surface area contributed by atoms with Crippen LogP contribution in [-0.2, 0) is 22.7 Å². The average Bonchev–Trinajstić information content (AvgIpc) is 3.26. The van der Waals surface area contributed by atoms with E-state index in [1.165, 1.54) is 11.1 Å². The number of anilines is 1. The van der Waals surface area contributed by atoms with Gasteiger partial charge in [0, 0.05) is 38.9 Å². The highest BCUT2D eigenvalue weighted by Gasteiger charge is 2.25. The van der Waals surface area contributed by atoms with Crippen molar-refractivity contribution in [3.63, 3.8) is 0 Å². The number of nitriles is 1. The van der Waals surface area contributed by atoms with Crippen LogP contribution in [0.2, 0.25) is 0 Å². The van der Waals surface area contributed by atoms with Crippen molar-refractivity contribution >= 4 is 42.3 Å². The number of carbonyl (C=O) groups excluding carboxylic acids is 2. The Balaban J connectivity index is 0.00000306. The first-order valence-corrected chi connectivity index (χ1v) is 11.2. The molecule has 190 valence electrons. The number of hydrazine groups is 1. The minimum Gasteiger partial charge on any atom is -0.315 e. The monoisotopic (exact) mass is 520 g/mol. The normalized spacial score (nSPS) is 12.1. The molecular weight excluding hydrogens is 487 g/mol. The predicted molar refractivity (Wildman–Crippen MR) is 143 cm³/mol. The van der Waals surface area contributed by atoms with E-state index in [1.807, 2.05) is 37.1 Å². The van der Waals surface area contributed by atoms with Crippen LogP contribution < -0.4 is 15.5 Å². The Hall–Kier alpha value is -2.67. The Bertz CT molecular complexity index is 1020. The van der Waals surface area contributed by atoms with Gasteiger partial charge in [-0.05, 0) is 48.4 Å². The SMILES string of the molecule is CCNCCN(C(=O)CNCC(=O)N(C)N1Cc2ccccc2C1)c1ccc(C#N)cc1C.Cl.Cl. The smallest absolute Gasteiger partial charge is 0.250 e. The predicted octanol–water partition coefficient (Wildman–Crippen LogP) is 2.63. The third kappa shape index (κ3) is 7.92. The van der Waals surface area contributed by atoms with Crippen LogP contribution >= 0.6 is 24.8 Å². The van der Waals surface area contributed by atoms with Gasteiger partial charge in [0.1, 0.15) is 0 Å². The zero-order chi connectivity index (χ0) is 23.8. The number of aryl methyl sites for hydroxylation is 1. The van der Waals surface area contributed by atoms with Crippen LogP contribution in [0.1, 0.15) is 29.2 Å². The van der Waals surface area contributed by atoms with Gasteiger partial charge in [0.05, 0.1) is 24.7 Å². The molecule has 8 nitrogen and oxygen atoms in total. The molecule has 2 N–H and O–H groups in total. The van der Waals surface area contributed by atoms with Crippen molar-refractivity contribution in [1.29, 1.82) is 5.26 Å². The summed E-state index contributed by atoms with van der Waals surface area (Å²) in [6, 6.07) is 15.6. The van der Waals surface area contributed by atoms with Crippen LogP contribution in [0, 0.1) is 18.3 Å². The molecule has 0 unspecified atom stereocenters. The van der Waals surface area contributed by atoms with Gasteiger partial charge in [-0.2, -0.15) is 5.26 Å². The standard InChI is InChI=1S/C25H32N6O2.2ClH/c1-4-27-11-12-31(23-10-9-20(14-26)13-19(23)2)25(33)16-28-15-24(32)29(3)30-17-21-7-5-6-8-22(21)18-30;;/h5-10,13,27-28H,4,11-12,15-18H2,1-3H3;2*1H. The number of rotatable bonds is 10.